The number of piperidine rings is 1. The highest BCUT2D eigenvalue weighted by atomic mass is 32.2. The summed E-state index contributed by atoms with van der Waals surface area (Å²) >= 11 is 0. The van der Waals surface area contributed by atoms with Crippen molar-refractivity contribution < 1.29 is 8.42 Å². The molecule has 5 heteroatoms. The molecule has 1 atom stereocenters. The Hall–Kier alpha value is -0.910. The van der Waals surface area contributed by atoms with Gasteiger partial charge in [-0.3, -0.25) is 0 Å². The molecule has 0 radical (unpaired) electrons. The van der Waals surface area contributed by atoms with Gasteiger partial charge in [0.2, 0.25) is 10.0 Å². The average molecular weight is 308 g/mol. The Labute approximate surface area is 127 Å². The minimum atomic E-state index is -3.34. The summed E-state index contributed by atoms with van der Waals surface area (Å²) in [6, 6.07) is 7.23. The van der Waals surface area contributed by atoms with E-state index < -0.39 is 10.0 Å². The van der Waals surface area contributed by atoms with Crippen molar-refractivity contribution in [2.75, 3.05) is 33.2 Å². The van der Waals surface area contributed by atoms with Crippen LogP contribution in [0.15, 0.2) is 29.2 Å². The van der Waals surface area contributed by atoms with Crippen molar-refractivity contribution in [3.05, 3.63) is 29.8 Å². The molecule has 4 nitrogen and oxygen atoms in total. The molecule has 0 N–H and O–H groups in total. The standard InChI is InChI=1S/C16H24N2O2S/c1-14-5-3-6-15(11-14)21(19,20)18-10-8-16(13-18)7-4-9-17(2)12-16/h3,5-6,11H,4,7-10,12-13H2,1-2H3/t16-/m0/s1. The zero-order valence-electron chi connectivity index (χ0n) is 12.9. The van der Waals surface area contributed by atoms with E-state index in [9.17, 15) is 8.42 Å². The Morgan fingerprint density at radius 2 is 1.95 bits per heavy atom. The van der Waals surface area contributed by atoms with E-state index in [0.717, 1.165) is 31.5 Å². The second-order valence-electron chi connectivity index (χ2n) is 6.75. The first-order valence-corrected chi connectivity index (χ1v) is 9.11. The Bertz CT molecular complexity index is 629. The number of hydrogen-bond donors (Lipinski definition) is 0. The number of sulfonamides is 1. The van der Waals surface area contributed by atoms with E-state index in [0.29, 0.717) is 18.0 Å². The molecule has 3 rings (SSSR count). The van der Waals surface area contributed by atoms with Crippen molar-refractivity contribution >= 4 is 10.0 Å². The Morgan fingerprint density at radius 3 is 2.67 bits per heavy atom. The lowest BCUT2D eigenvalue weighted by Crippen LogP contribution is -2.43. The lowest BCUT2D eigenvalue weighted by atomic mass is 9.79. The molecule has 2 aliphatic heterocycles. The van der Waals surface area contributed by atoms with E-state index in [-0.39, 0.29) is 5.41 Å². The Balaban J connectivity index is 1.82. The van der Waals surface area contributed by atoms with Crippen LogP contribution < -0.4 is 0 Å². The molecule has 2 saturated heterocycles. The summed E-state index contributed by atoms with van der Waals surface area (Å²) < 4.78 is 27.3. The third-order valence-electron chi connectivity index (χ3n) is 4.88. The van der Waals surface area contributed by atoms with Crippen molar-refractivity contribution in [2.24, 2.45) is 5.41 Å². The lowest BCUT2D eigenvalue weighted by Gasteiger charge is -2.38. The molecule has 0 aliphatic carbocycles. The number of aryl methyl sites for hydroxylation is 1. The van der Waals surface area contributed by atoms with Gasteiger partial charge in [0.25, 0.3) is 0 Å². The minimum Gasteiger partial charge on any atom is -0.306 e. The van der Waals surface area contributed by atoms with Crippen LogP contribution in [-0.2, 0) is 10.0 Å². The van der Waals surface area contributed by atoms with Crippen molar-refractivity contribution in [3.63, 3.8) is 0 Å². The largest absolute Gasteiger partial charge is 0.306 e. The first-order valence-electron chi connectivity index (χ1n) is 7.67. The molecule has 0 saturated carbocycles. The predicted molar refractivity (Wildman–Crippen MR) is 83.7 cm³/mol. The second-order valence-corrected chi connectivity index (χ2v) is 8.68. The van der Waals surface area contributed by atoms with E-state index in [2.05, 4.69) is 11.9 Å². The van der Waals surface area contributed by atoms with E-state index in [1.54, 1.807) is 16.4 Å². The maximum atomic E-state index is 12.8. The molecule has 0 unspecified atom stereocenters. The van der Waals surface area contributed by atoms with Crippen LogP contribution in [0.5, 0.6) is 0 Å². The number of rotatable bonds is 2. The van der Waals surface area contributed by atoms with E-state index in [1.807, 2.05) is 19.1 Å². The van der Waals surface area contributed by atoms with Crippen molar-refractivity contribution in [1.29, 1.82) is 0 Å². The SMILES string of the molecule is Cc1cccc(S(=O)(=O)N2CC[C@]3(CCCN(C)C3)C2)c1. The molecule has 1 spiro atoms. The molecule has 1 aromatic rings. The summed E-state index contributed by atoms with van der Waals surface area (Å²) in [4.78, 5) is 2.77. The molecule has 0 amide bonds. The van der Waals surface area contributed by atoms with Gasteiger partial charge in [-0.15, -0.1) is 0 Å². The summed E-state index contributed by atoms with van der Waals surface area (Å²) in [5.74, 6) is 0. The highest BCUT2D eigenvalue weighted by Gasteiger charge is 2.44. The highest BCUT2D eigenvalue weighted by Crippen LogP contribution is 2.40. The van der Waals surface area contributed by atoms with Gasteiger partial charge >= 0.3 is 0 Å². The van der Waals surface area contributed by atoms with Gasteiger partial charge in [0.05, 0.1) is 4.90 Å². The van der Waals surface area contributed by atoms with E-state index in [4.69, 9.17) is 0 Å². The van der Waals surface area contributed by atoms with Gasteiger partial charge < -0.3 is 4.90 Å². The maximum absolute atomic E-state index is 12.8. The summed E-state index contributed by atoms with van der Waals surface area (Å²) in [7, 11) is -1.20. The summed E-state index contributed by atoms with van der Waals surface area (Å²) in [5, 5.41) is 0. The van der Waals surface area contributed by atoms with Gasteiger partial charge in [0.1, 0.15) is 0 Å². The Kier molecular flexibility index (Phi) is 3.84. The van der Waals surface area contributed by atoms with Crippen LogP contribution in [-0.4, -0.2) is 50.8 Å². The van der Waals surface area contributed by atoms with Crippen LogP contribution in [0.1, 0.15) is 24.8 Å². The van der Waals surface area contributed by atoms with Gasteiger partial charge in [-0.05, 0) is 62.9 Å². The molecule has 2 fully saturated rings. The third-order valence-corrected chi connectivity index (χ3v) is 6.72. The van der Waals surface area contributed by atoms with Gasteiger partial charge in [-0.1, -0.05) is 12.1 Å². The first kappa shape index (κ1) is 15.0. The molecule has 116 valence electrons. The fourth-order valence-electron chi connectivity index (χ4n) is 3.81. The molecular weight excluding hydrogens is 284 g/mol. The summed E-state index contributed by atoms with van der Waals surface area (Å²) in [5.41, 5.74) is 1.16. The second kappa shape index (κ2) is 5.38. The Morgan fingerprint density at radius 1 is 1.14 bits per heavy atom. The fraction of sp³-hybridized carbons (Fsp3) is 0.625. The smallest absolute Gasteiger partial charge is 0.243 e. The minimum absolute atomic E-state index is 0.171. The van der Waals surface area contributed by atoms with Crippen LogP contribution in [0.25, 0.3) is 0 Å². The normalized spacial score (nSPS) is 28.3. The fourth-order valence-corrected chi connectivity index (χ4v) is 5.47. The zero-order valence-corrected chi connectivity index (χ0v) is 13.7. The average Bonchev–Trinajstić information content (AvgIpc) is 2.83. The van der Waals surface area contributed by atoms with Crippen LogP contribution >= 0.6 is 0 Å². The highest BCUT2D eigenvalue weighted by molar-refractivity contribution is 7.89. The monoisotopic (exact) mass is 308 g/mol. The van der Waals surface area contributed by atoms with Gasteiger partial charge in [0.15, 0.2) is 0 Å². The van der Waals surface area contributed by atoms with Crippen LogP contribution in [0.2, 0.25) is 0 Å². The van der Waals surface area contributed by atoms with Gasteiger partial charge in [-0.2, -0.15) is 4.31 Å². The van der Waals surface area contributed by atoms with Gasteiger partial charge in [-0.25, -0.2) is 8.42 Å². The lowest BCUT2D eigenvalue weighted by molar-refractivity contribution is 0.121. The van der Waals surface area contributed by atoms with Gasteiger partial charge in [0, 0.05) is 19.6 Å². The number of likely N-dealkylation sites (tertiary alicyclic amines) is 1. The van der Waals surface area contributed by atoms with Crippen LogP contribution in [0, 0.1) is 12.3 Å². The number of benzene rings is 1. The molecule has 0 aromatic heterocycles. The van der Waals surface area contributed by atoms with Crippen LogP contribution in [0.3, 0.4) is 0 Å². The predicted octanol–water partition coefficient (Wildman–Crippen LogP) is 2.10. The topological polar surface area (TPSA) is 40.6 Å². The number of nitrogens with zero attached hydrogens (tertiary/aromatic N) is 2. The molecule has 21 heavy (non-hydrogen) atoms. The van der Waals surface area contributed by atoms with Crippen LogP contribution in [0.4, 0.5) is 0 Å². The summed E-state index contributed by atoms with van der Waals surface area (Å²) in [6.07, 6.45) is 3.31. The summed E-state index contributed by atoms with van der Waals surface area (Å²) in [6.45, 7) is 5.41. The molecule has 2 heterocycles. The number of hydrogen-bond acceptors (Lipinski definition) is 3. The van der Waals surface area contributed by atoms with Crippen molar-refractivity contribution in [3.8, 4) is 0 Å². The van der Waals surface area contributed by atoms with Crippen molar-refractivity contribution in [2.45, 2.75) is 31.1 Å². The first-order chi connectivity index (χ1) is 9.91. The molecular formula is C16H24N2O2S. The third kappa shape index (κ3) is 2.87. The van der Waals surface area contributed by atoms with E-state index in [1.165, 1.54) is 6.42 Å². The maximum Gasteiger partial charge on any atom is 0.243 e. The van der Waals surface area contributed by atoms with E-state index >= 15 is 0 Å². The quantitative estimate of drug-likeness (QED) is 0.840. The molecule has 0 bridgehead atoms. The van der Waals surface area contributed by atoms with Crippen molar-refractivity contribution in [1.82, 2.24) is 9.21 Å². The molecule has 1 aromatic carbocycles. The zero-order chi connectivity index (χ0) is 15.1. The molecule has 2 aliphatic rings.